The van der Waals surface area contributed by atoms with E-state index in [9.17, 15) is 14.4 Å². The fraction of sp³-hybridized carbons (Fsp3) is 0.700. The molecule has 2 atom stereocenters. The first-order valence-electron chi connectivity index (χ1n) is 5.21. The van der Waals surface area contributed by atoms with Gasteiger partial charge in [0, 0.05) is 12.5 Å². The molecule has 0 aromatic carbocycles. The van der Waals surface area contributed by atoms with Crippen molar-refractivity contribution in [1.82, 2.24) is 5.32 Å². The number of hydrogen-bond donors (Lipinski definition) is 3. The van der Waals surface area contributed by atoms with Gasteiger partial charge in [0.1, 0.15) is 0 Å². The summed E-state index contributed by atoms with van der Waals surface area (Å²) in [6.07, 6.45) is -0.0556. The number of hydrogen-bond acceptors (Lipinski definition) is 5. The van der Waals surface area contributed by atoms with Crippen molar-refractivity contribution in [3.8, 4) is 0 Å². The summed E-state index contributed by atoms with van der Waals surface area (Å²) in [4.78, 5) is 32.6. The third-order valence-corrected chi connectivity index (χ3v) is 2.10. The largest absolute Gasteiger partial charge is 0.481 e. The van der Waals surface area contributed by atoms with Gasteiger partial charge in [-0.15, -0.1) is 0 Å². The van der Waals surface area contributed by atoms with Crippen LogP contribution >= 0.6 is 0 Å². The summed E-state index contributed by atoms with van der Waals surface area (Å²) in [5.41, 5.74) is 5.49. The zero-order chi connectivity index (χ0) is 13.4. The van der Waals surface area contributed by atoms with E-state index in [2.05, 4.69) is 10.1 Å². The Balaban J connectivity index is 3.98. The molecule has 17 heavy (non-hydrogen) atoms. The summed E-state index contributed by atoms with van der Waals surface area (Å²) in [7, 11) is 1.26. The fourth-order valence-corrected chi connectivity index (χ4v) is 1.14. The van der Waals surface area contributed by atoms with E-state index in [1.165, 1.54) is 7.11 Å². The van der Waals surface area contributed by atoms with Gasteiger partial charge < -0.3 is 20.9 Å². The van der Waals surface area contributed by atoms with E-state index in [1.807, 2.05) is 0 Å². The van der Waals surface area contributed by atoms with Crippen LogP contribution in [0.3, 0.4) is 0 Å². The monoisotopic (exact) mass is 246 g/mol. The number of carbonyl (C=O) groups is 3. The van der Waals surface area contributed by atoms with Gasteiger partial charge in [-0.2, -0.15) is 0 Å². The Bertz CT molecular complexity index is 292. The molecule has 0 aliphatic carbocycles. The predicted octanol–water partition coefficient (Wildman–Crippen LogP) is -0.754. The highest BCUT2D eigenvalue weighted by atomic mass is 16.5. The maximum absolute atomic E-state index is 11.5. The van der Waals surface area contributed by atoms with Gasteiger partial charge in [0.25, 0.3) is 0 Å². The van der Waals surface area contributed by atoms with E-state index in [4.69, 9.17) is 10.8 Å². The van der Waals surface area contributed by atoms with Gasteiger partial charge >= 0.3 is 11.9 Å². The van der Waals surface area contributed by atoms with Crippen LogP contribution < -0.4 is 11.1 Å². The Kier molecular flexibility index (Phi) is 6.88. The highest BCUT2D eigenvalue weighted by Gasteiger charge is 2.18. The minimum atomic E-state index is -1.00. The second-order valence-electron chi connectivity index (χ2n) is 3.73. The topological polar surface area (TPSA) is 119 Å². The number of carbonyl (C=O) groups excluding carboxylic acids is 2. The van der Waals surface area contributed by atoms with Crippen molar-refractivity contribution in [2.45, 2.75) is 38.3 Å². The molecule has 0 aliphatic rings. The van der Waals surface area contributed by atoms with Crippen LogP contribution in [-0.2, 0) is 19.1 Å². The van der Waals surface area contributed by atoms with E-state index in [0.29, 0.717) is 0 Å². The zero-order valence-electron chi connectivity index (χ0n) is 9.93. The van der Waals surface area contributed by atoms with Crippen LogP contribution in [0, 0.1) is 0 Å². The molecule has 0 spiro atoms. The lowest BCUT2D eigenvalue weighted by Crippen LogP contribution is -2.45. The number of ether oxygens (including phenoxy) is 1. The maximum Gasteiger partial charge on any atom is 0.307 e. The number of carboxylic acids is 1. The Morgan fingerprint density at radius 1 is 1.41 bits per heavy atom. The summed E-state index contributed by atoms with van der Waals surface area (Å²) in [6.45, 7) is 1.64. The van der Waals surface area contributed by atoms with Crippen molar-refractivity contribution in [2.24, 2.45) is 5.73 Å². The number of methoxy groups -OCH3 is 1. The molecule has 0 rings (SSSR count). The lowest BCUT2D eigenvalue weighted by Gasteiger charge is -2.16. The van der Waals surface area contributed by atoms with E-state index in [0.717, 1.165) is 0 Å². The normalized spacial score (nSPS) is 13.6. The Morgan fingerprint density at radius 3 is 2.47 bits per heavy atom. The van der Waals surface area contributed by atoms with Crippen molar-refractivity contribution in [3.63, 3.8) is 0 Å². The standard InChI is InChI=1S/C10H18N2O5/c1-6(5-9(15)17-2)12-10(16)7(11)3-4-8(13)14/h6-7H,3-5,11H2,1-2H3,(H,12,16)(H,13,14). The van der Waals surface area contributed by atoms with E-state index in [-0.39, 0.29) is 19.3 Å². The smallest absolute Gasteiger partial charge is 0.307 e. The maximum atomic E-state index is 11.5. The average molecular weight is 246 g/mol. The molecule has 0 bridgehead atoms. The minimum absolute atomic E-state index is 0.0495. The first-order chi connectivity index (χ1) is 7.86. The zero-order valence-corrected chi connectivity index (χ0v) is 9.93. The van der Waals surface area contributed by atoms with Crippen molar-refractivity contribution < 1.29 is 24.2 Å². The van der Waals surface area contributed by atoms with Gasteiger partial charge in [-0.25, -0.2) is 0 Å². The molecule has 0 heterocycles. The van der Waals surface area contributed by atoms with Crippen molar-refractivity contribution in [3.05, 3.63) is 0 Å². The second-order valence-corrected chi connectivity index (χ2v) is 3.73. The Hall–Kier alpha value is -1.63. The van der Waals surface area contributed by atoms with Crippen LogP contribution in [0.25, 0.3) is 0 Å². The molecule has 4 N–H and O–H groups in total. The van der Waals surface area contributed by atoms with Gasteiger partial charge in [0.2, 0.25) is 5.91 Å². The minimum Gasteiger partial charge on any atom is -0.481 e. The lowest BCUT2D eigenvalue weighted by atomic mass is 10.1. The van der Waals surface area contributed by atoms with Crippen LogP contribution in [0.1, 0.15) is 26.2 Å². The van der Waals surface area contributed by atoms with Crippen molar-refractivity contribution >= 4 is 17.8 Å². The van der Waals surface area contributed by atoms with Crippen LogP contribution in [0.2, 0.25) is 0 Å². The van der Waals surface area contributed by atoms with Crippen molar-refractivity contribution in [2.75, 3.05) is 7.11 Å². The molecule has 0 aromatic heterocycles. The lowest BCUT2D eigenvalue weighted by molar-refractivity contribution is -0.141. The number of esters is 1. The number of carboxylic acid groups (broad SMARTS) is 1. The van der Waals surface area contributed by atoms with E-state index < -0.39 is 29.9 Å². The molecule has 0 aliphatic heterocycles. The Labute approximate surface area is 99.3 Å². The molecular weight excluding hydrogens is 228 g/mol. The number of amides is 1. The summed E-state index contributed by atoms with van der Waals surface area (Å²) in [5.74, 6) is -1.91. The quantitative estimate of drug-likeness (QED) is 0.508. The van der Waals surface area contributed by atoms with Gasteiger partial charge in [-0.3, -0.25) is 14.4 Å². The van der Waals surface area contributed by atoms with Gasteiger partial charge in [0.05, 0.1) is 19.6 Å². The third-order valence-electron chi connectivity index (χ3n) is 2.10. The van der Waals surface area contributed by atoms with Crippen LogP contribution in [0.15, 0.2) is 0 Å². The van der Waals surface area contributed by atoms with E-state index >= 15 is 0 Å². The average Bonchev–Trinajstić information content (AvgIpc) is 2.25. The highest BCUT2D eigenvalue weighted by molar-refractivity contribution is 5.83. The first-order valence-corrected chi connectivity index (χ1v) is 5.21. The third kappa shape index (κ3) is 7.29. The fourth-order valence-electron chi connectivity index (χ4n) is 1.14. The summed E-state index contributed by atoms with van der Waals surface area (Å²) >= 11 is 0. The summed E-state index contributed by atoms with van der Waals surface area (Å²) in [6, 6.07) is -1.28. The SMILES string of the molecule is COC(=O)CC(C)NC(=O)C(N)CCC(=O)O. The van der Waals surface area contributed by atoms with E-state index in [1.54, 1.807) is 6.92 Å². The molecule has 0 saturated heterocycles. The molecule has 7 nitrogen and oxygen atoms in total. The number of nitrogens with two attached hydrogens (primary N) is 1. The van der Waals surface area contributed by atoms with Crippen molar-refractivity contribution in [1.29, 1.82) is 0 Å². The summed E-state index contributed by atoms with van der Waals surface area (Å²) < 4.78 is 4.44. The molecular formula is C10H18N2O5. The van der Waals surface area contributed by atoms with Gasteiger partial charge in [-0.05, 0) is 13.3 Å². The van der Waals surface area contributed by atoms with Crippen LogP contribution in [-0.4, -0.2) is 42.1 Å². The molecule has 0 radical (unpaired) electrons. The molecule has 2 unspecified atom stereocenters. The number of nitrogens with one attached hydrogen (secondary N) is 1. The second kappa shape index (κ2) is 7.61. The molecule has 0 aromatic rings. The molecule has 0 saturated carbocycles. The van der Waals surface area contributed by atoms with Gasteiger partial charge in [-0.1, -0.05) is 0 Å². The highest BCUT2D eigenvalue weighted by Crippen LogP contribution is 1.98. The van der Waals surface area contributed by atoms with Crippen LogP contribution in [0.5, 0.6) is 0 Å². The summed E-state index contributed by atoms with van der Waals surface area (Å²) in [5, 5.41) is 10.9. The predicted molar refractivity (Wildman–Crippen MR) is 59.1 cm³/mol. The van der Waals surface area contributed by atoms with Crippen LogP contribution in [0.4, 0.5) is 0 Å². The first kappa shape index (κ1) is 15.4. The number of aliphatic carboxylic acids is 1. The van der Waals surface area contributed by atoms with Gasteiger partial charge in [0.15, 0.2) is 0 Å². The number of rotatable bonds is 7. The molecule has 7 heteroatoms. The molecule has 98 valence electrons. The molecule has 0 fully saturated rings. The Morgan fingerprint density at radius 2 is 2.00 bits per heavy atom. The molecule has 1 amide bonds.